The van der Waals surface area contributed by atoms with Crippen LogP contribution in [0.15, 0.2) is 59.5 Å². The summed E-state index contributed by atoms with van der Waals surface area (Å²) >= 11 is 4.27. The van der Waals surface area contributed by atoms with Gasteiger partial charge in [-0.2, -0.15) is 12.6 Å². The maximum Gasteiger partial charge on any atom is 0.180 e. The quantitative estimate of drug-likeness (QED) is 0.798. The first-order valence-electron chi connectivity index (χ1n) is 7.14. The molecule has 0 amide bonds. The van der Waals surface area contributed by atoms with Gasteiger partial charge in [0.25, 0.3) is 0 Å². The minimum atomic E-state index is -3.33. The first-order valence-corrected chi connectivity index (χ1v) is 9.21. The van der Waals surface area contributed by atoms with E-state index in [0.29, 0.717) is 17.1 Å². The van der Waals surface area contributed by atoms with E-state index in [1.165, 1.54) is 0 Å². The topological polar surface area (TPSA) is 43.4 Å². The van der Waals surface area contributed by atoms with E-state index < -0.39 is 15.1 Å². The van der Waals surface area contributed by atoms with Gasteiger partial charge in [-0.05, 0) is 49.7 Å². The molecule has 0 heterocycles. The van der Waals surface area contributed by atoms with Crippen molar-refractivity contribution in [3.05, 3.63) is 54.6 Å². The number of rotatable bonds is 6. The Hall–Kier alpha value is -1.46. The summed E-state index contributed by atoms with van der Waals surface area (Å²) in [5, 5.41) is -0.411. The third-order valence-electron chi connectivity index (χ3n) is 3.33. The van der Waals surface area contributed by atoms with E-state index in [1.807, 2.05) is 37.3 Å². The monoisotopic (exact) mass is 336 g/mol. The number of sulfone groups is 1. The summed E-state index contributed by atoms with van der Waals surface area (Å²) in [7, 11) is -3.33. The largest absolute Gasteiger partial charge is 0.457 e. The van der Waals surface area contributed by atoms with E-state index in [2.05, 4.69) is 12.6 Å². The second-order valence-electron chi connectivity index (χ2n) is 5.33. The molecule has 0 aliphatic carbocycles. The zero-order valence-corrected chi connectivity index (χ0v) is 14.3. The first kappa shape index (κ1) is 16.9. The molecule has 0 aliphatic heterocycles. The number of para-hydroxylation sites is 1. The molecule has 0 N–H and O–H groups in total. The zero-order valence-electron chi connectivity index (χ0n) is 12.6. The maximum absolute atomic E-state index is 12.5. The van der Waals surface area contributed by atoms with Crippen LogP contribution in [-0.4, -0.2) is 18.9 Å². The highest BCUT2D eigenvalue weighted by atomic mass is 32.2. The third-order valence-corrected chi connectivity index (χ3v) is 5.73. The van der Waals surface area contributed by atoms with E-state index in [-0.39, 0.29) is 5.25 Å². The summed E-state index contributed by atoms with van der Waals surface area (Å²) in [5.74, 6) is 1.33. The van der Waals surface area contributed by atoms with Crippen molar-refractivity contribution in [1.82, 2.24) is 0 Å². The number of ether oxygens (including phenoxy) is 1. The Bertz CT molecular complexity index is 692. The van der Waals surface area contributed by atoms with Crippen LogP contribution in [-0.2, 0) is 9.84 Å². The van der Waals surface area contributed by atoms with E-state index in [1.54, 1.807) is 31.2 Å². The van der Waals surface area contributed by atoms with Crippen molar-refractivity contribution in [2.24, 2.45) is 0 Å². The molecule has 0 radical (unpaired) electrons. The second kappa shape index (κ2) is 7.20. The van der Waals surface area contributed by atoms with Crippen LogP contribution in [0.2, 0.25) is 0 Å². The van der Waals surface area contributed by atoms with Crippen LogP contribution < -0.4 is 4.74 Å². The van der Waals surface area contributed by atoms with Crippen molar-refractivity contribution >= 4 is 22.5 Å². The molecule has 0 fully saturated rings. The van der Waals surface area contributed by atoms with Crippen molar-refractivity contribution < 1.29 is 13.2 Å². The molecule has 0 saturated carbocycles. The van der Waals surface area contributed by atoms with Crippen molar-refractivity contribution in [3.8, 4) is 11.5 Å². The van der Waals surface area contributed by atoms with Crippen molar-refractivity contribution in [1.29, 1.82) is 0 Å². The fourth-order valence-corrected chi connectivity index (χ4v) is 4.14. The number of thiol groups is 1. The van der Waals surface area contributed by atoms with Crippen molar-refractivity contribution in [2.75, 3.05) is 0 Å². The SMILES string of the molecule is CC(S)CC(C)S(=O)(=O)c1ccc(Oc2ccccc2)cc1. The van der Waals surface area contributed by atoms with Crippen LogP contribution in [0.1, 0.15) is 20.3 Å². The number of hydrogen-bond donors (Lipinski definition) is 1. The molecule has 0 aliphatic rings. The highest BCUT2D eigenvalue weighted by molar-refractivity contribution is 7.92. The van der Waals surface area contributed by atoms with E-state index >= 15 is 0 Å². The highest BCUT2D eigenvalue weighted by Crippen LogP contribution is 2.25. The molecule has 2 aromatic rings. The Balaban J connectivity index is 2.14. The fourth-order valence-electron chi connectivity index (χ4n) is 2.16. The summed E-state index contributed by atoms with van der Waals surface area (Å²) in [6, 6.07) is 15.9. The van der Waals surface area contributed by atoms with Gasteiger partial charge in [0.1, 0.15) is 11.5 Å². The first-order chi connectivity index (χ1) is 10.4. The lowest BCUT2D eigenvalue weighted by atomic mass is 10.3. The number of benzene rings is 2. The third kappa shape index (κ3) is 4.27. The van der Waals surface area contributed by atoms with E-state index in [4.69, 9.17) is 4.74 Å². The molecule has 0 bridgehead atoms. The predicted octanol–water partition coefficient (Wildman–Crippen LogP) is 4.35. The summed E-state index contributed by atoms with van der Waals surface area (Å²) < 4.78 is 30.6. The fraction of sp³-hybridized carbons (Fsp3) is 0.294. The molecule has 2 unspecified atom stereocenters. The molecule has 0 aromatic heterocycles. The molecule has 118 valence electrons. The summed E-state index contributed by atoms with van der Waals surface area (Å²) in [4.78, 5) is 0.314. The van der Waals surface area contributed by atoms with Gasteiger partial charge in [-0.15, -0.1) is 0 Å². The minimum absolute atomic E-state index is 0.0467. The molecule has 5 heteroatoms. The Labute approximate surface area is 137 Å². The van der Waals surface area contributed by atoms with Crippen LogP contribution in [0.5, 0.6) is 11.5 Å². The highest BCUT2D eigenvalue weighted by Gasteiger charge is 2.24. The Kier molecular flexibility index (Phi) is 5.53. The van der Waals surface area contributed by atoms with Crippen LogP contribution in [0.4, 0.5) is 0 Å². The summed E-state index contributed by atoms with van der Waals surface area (Å²) in [6.07, 6.45) is 0.522. The average Bonchev–Trinajstić information content (AvgIpc) is 2.48. The molecule has 0 spiro atoms. The van der Waals surface area contributed by atoms with Gasteiger partial charge in [0, 0.05) is 5.25 Å². The Morgan fingerprint density at radius 3 is 2.05 bits per heavy atom. The van der Waals surface area contributed by atoms with Crippen LogP contribution in [0.3, 0.4) is 0 Å². The van der Waals surface area contributed by atoms with Gasteiger partial charge in [-0.3, -0.25) is 0 Å². The molecule has 3 nitrogen and oxygen atoms in total. The van der Waals surface area contributed by atoms with Crippen molar-refractivity contribution in [3.63, 3.8) is 0 Å². The van der Waals surface area contributed by atoms with Gasteiger partial charge >= 0.3 is 0 Å². The molecule has 22 heavy (non-hydrogen) atoms. The number of hydrogen-bond acceptors (Lipinski definition) is 4. The van der Waals surface area contributed by atoms with Crippen LogP contribution >= 0.6 is 12.6 Å². The van der Waals surface area contributed by atoms with Gasteiger partial charge in [0.05, 0.1) is 10.1 Å². The van der Waals surface area contributed by atoms with Crippen LogP contribution in [0.25, 0.3) is 0 Å². The summed E-state index contributed by atoms with van der Waals surface area (Å²) in [5.41, 5.74) is 0. The normalized spacial score (nSPS) is 14.3. The lowest BCUT2D eigenvalue weighted by Crippen LogP contribution is -2.20. The lowest BCUT2D eigenvalue weighted by Gasteiger charge is -2.15. The molecular weight excluding hydrogens is 316 g/mol. The lowest BCUT2D eigenvalue weighted by molar-refractivity contribution is 0.482. The standard InChI is InChI=1S/C17H20O3S2/c1-13(21)12-14(2)22(18,19)17-10-8-16(9-11-17)20-15-6-4-3-5-7-15/h3-11,13-14,21H,12H2,1-2H3. The Morgan fingerprint density at radius 1 is 0.955 bits per heavy atom. The minimum Gasteiger partial charge on any atom is -0.457 e. The molecule has 2 atom stereocenters. The molecular formula is C17H20O3S2. The molecule has 2 rings (SSSR count). The maximum atomic E-state index is 12.5. The molecule has 0 saturated heterocycles. The van der Waals surface area contributed by atoms with Gasteiger partial charge in [-0.1, -0.05) is 25.1 Å². The van der Waals surface area contributed by atoms with E-state index in [9.17, 15) is 8.42 Å². The zero-order chi connectivity index (χ0) is 16.2. The Morgan fingerprint density at radius 2 is 1.50 bits per heavy atom. The van der Waals surface area contributed by atoms with Crippen molar-refractivity contribution in [2.45, 2.75) is 35.7 Å². The van der Waals surface area contributed by atoms with Gasteiger partial charge in [0.2, 0.25) is 0 Å². The van der Waals surface area contributed by atoms with E-state index in [0.717, 1.165) is 5.75 Å². The van der Waals surface area contributed by atoms with Crippen LogP contribution in [0, 0.1) is 0 Å². The summed E-state index contributed by atoms with van der Waals surface area (Å²) in [6.45, 7) is 3.61. The van der Waals surface area contributed by atoms with Gasteiger partial charge in [-0.25, -0.2) is 8.42 Å². The predicted molar refractivity (Wildman–Crippen MR) is 92.7 cm³/mol. The molecule has 2 aromatic carbocycles. The average molecular weight is 336 g/mol. The van der Waals surface area contributed by atoms with Gasteiger partial charge < -0.3 is 4.74 Å². The van der Waals surface area contributed by atoms with Gasteiger partial charge in [0.15, 0.2) is 9.84 Å². The smallest absolute Gasteiger partial charge is 0.180 e. The second-order valence-corrected chi connectivity index (χ2v) is 8.57.